The van der Waals surface area contributed by atoms with Crippen molar-refractivity contribution in [3.05, 3.63) is 28.5 Å². The first-order chi connectivity index (χ1) is 8.53. The van der Waals surface area contributed by atoms with Crippen LogP contribution in [0, 0.1) is 0 Å². The summed E-state index contributed by atoms with van der Waals surface area (Å²) in [7, 11) is 0. The first-order valence-corrected chi connectivity index (χ1v) is 6.09. The summed E-state index contributed by atoms with van der Waals surface area (Å²) in [4.78, 5) is 27.2. The largest absolute Gasteiger partial charge is 0.479 e. The Morgan fingerprint density at radius 1 is 1.50 bits per heavy atom. The highest BCUT2D eigenvalue weighted by Gasteiger charge is 2.44. The molecule has 6 nitrogen and oxygen atoms in total. The van der Waals surface area contributed by atoms with Crippen molar-refractivity contribution in [2.24, 2.45) is 0 Å². The highest BCUT2D eigenvalue weighted by Crippen LogP contribution is 2.19. The van der Waals surface area contributed by atoms with Crippen molar-refractivity contribution in [1.29, 1.82) is 0 Å². The van der Waals surface area contributed by atoms with Crippen LogP contribution < -0.4 is 5.32 Å². The Kier molecular flexibility index (Phi) is 3.63. The SMILES string of the molecule is O=C(NC1(C(=O)O)CCOC1)c1cccc(Br)n1. The number of halogens is 1. The van der Waals surface area contributed by atoms with Gasteiger partial charge in [-0.05, 0) is 28.1 Å². The summed E-state index contributed by atoms with van der Waals surface area (Å²) in [5.41, 5.74) is -1.18. The third kappa shape index (κ3) is 2.51. The van der Waals surface area contributed by atoms with Crippen LogP contribution >= 0.6 is 15.9 Å². The molecule has 1 aliphatic heterocycles. The summed E-state index contributed by atoms with van der Waals surface area (Å²) in [5.74, 6) is -1.62. The van der Waals surface area contributed by atoms with Crippen LogP contribution in [0.2, 0.25) is 0 Å². The number of carbonyl (C=O) groups is 2. The number of carboxylic acids is 1. The second kappa shape index (κ2) is 5.03. The third-order valence-corrected chi connectivity index (χ3v) is 3.17. The lowest BCUT2D eigenvalue weighted by molar-refractivity contribution is -0.144. The van der Waals surface area contributed by atoms with Crippen molar-refractivity contribution in [2.45, 2.75) is 12.0 Å². The Balaban J connectivity index is 2.18. The number of aromatic nitrogens is 1. The minimum absolute atomic E-state index is 0.0257. The van der Waals surface area contributed by atoms with E-state index in [1.165, 1.54) is 6.07 Å². The van der Waals surface area contributed by atoms with Crippen molar-refractivity contribution >= 4 is 27.8 Å². The molecule has 1 aromatic heterocycles. The minimum atomic E-state index is -1.35. The lowest BCUT2D eigenvalue weighted by Crippen LogP contribution is -2.55. The highest BCUT2D eigenvalue weighted by molar-refractivity contribution is 9.10. The fraction of sp³-hybridized carbons (Fsp3) is 0.364. The molecule has 1 unspecified atom stereocenters. The van der Waals surface area contributed by atoms with Gasteiger partial charge in [0.15, 0.2) is 5.54 Å². The van der Waals surface area contributed by atoms with E-state index in [1.54, 1.807) is 12.1 Å². The van der Waals surface area contributed by atoms with E-state index in [0.717, 1.165) is 0 Å². The molecule has 1 amide bonds. The number of hydrogen-bond acceptors (Lipinski definition) is 4. The number of carboxylic acid groups (broad SMARTS) is 1. The van der Waals surface area contributed by atoms with Crippen LogP contribution in [0.4, 0.5) is 0 Å². The molecule has 0 aromatic carbocycles. The predicted molar refractivity (Wildman–Crippen MR) is 65.2 cm³/mol. The molecule has 0 aliphatic carbocycles. The van der Waals surface area contributed by atoms with Crippen molar-refractivity contribution in [3.63, 3.8) is 0 Å². The average Bonchev–Trinajstić information content (AvgIpc) is 2.79. The van der Waals surface area contributed by atoms with Crippen LogP contribution in [-0.4, -0.2) is 40.7 Å². The molecule has 96 valence electrons. The normalized spacial score (nSPS) is 22.7. The second-order valence-corrected chi connectivity index (χ2v) is 4.80. The zero-order chi connectivity index (χ0) is 13.2. The van der Waals surface area contributed by atoms with Crippen LogP contribution in [0.3, 0.4) is 0 Å². The summed E-state index contributed by atoms with van der Waals surface area (Å²) >= 11 is 3.15. The van der Waals surface area contributed by atoms with Gasteiger partial charge in [-0.2, -0.15) is 0 Å². The Morgan fingerprint density at radius 2 is 2.28 bits per heavy atom. The van der Waals surface area contributed by atoms with Gasteiger partial charge in [0.05, 0.1) is 6.61 Å². The smallest absolute Gasteiger partial charge is 0.331 e. The summed E-state index contributed by atoms with van der Waals surface area (Å²) in [6.07, 6.45) is 0.252. The molecule has 1 fully saturated rings. The molecule has 7 heteroatoms. The van der Waals surface area contributed by atoms with Gasteiger partial charge >= 0.3 is 5.97 Å². The quantitative estimate of drug-likeness (QED) is 0.806. The van der Waals surface area contributed by atoms with E-state index >= 15 is 0 Å². The predicted octanol–water partition coefficient (Wildman–Crippen LogP) is 0.818. The van der Waals surface area contributed by atoms with E-state index in [9.17, 15) is 14.7 Å². The van der Waals surface area contributed by atoms with Gasteiger partial charge in [-0.15, -0.1) is 0 Å². The van der Waals surface area contributed by atoms with E-state index in [-0.39, 0.29) is 18.7 Å². The van der Waals surface area contributed by atoms with Crippen molar-refractivity contribution in [2.75, 3.05) is 13.2 Å². The summed E-state index contributed by atoms with van der Waals surface area (Å²) in [6.45, 7) is 0.292. The van der Waals surface area contributed by atoms with Crippen LogP contribution in [0.5, 0.6) is 0 Å². The van der Waals surface area contributed by atoms with Crippen molar-refractivity contribution < 1.29 is 19.4 Å². The Bertz CT molecular complexity index is 486. The number of hydrogen-bond donors (Lipinski definition) is 2. The first-order valence-electron chi connectivity index (χ1n) is 5.30. The van der Waals surface area contributed by atoms with E-state index in [0.29, 0.717) is 11.2 Å². The lowest BCUT2D eigenvalue weighted by Gasteiger charge is -2.23. The van der Waals surface area contributed by atoms with Gasteiger partial charge in [0.25, 0.3) is 5.91 Å². The number of pyridine rings is 1. The van der Waals surface area contributed by atoms with Gasteiger partial charge in [0.2, 0.25) is 0 Å². The van der Waals surface area contributed by atoms with Gasteiger partial charge < -0.3 is 15.2 Å². The summed E-state index contributed by atoms with van der Waals surface area (Å²) < 4.78 is 5.57. The maximum Gasteiger partial charge on any atom is 0.331 e. The van der Waals surface area contributed by atoms with Crippen LogP contribution in [0.1, 0.15) is 16.9 Å². The third-order valence-electron chi connectivity index (χ3n) is 2.73. The molecule has 2 N–H and O–H groups in total. The molecule has 0 saturated carbocycles. The van der Waals surface area contributed by atoms with Gasteiger partial charge in [-0.25, -0.2) is 9.78 Å². The van der Waals surface area contributed by atoms with E-state index in [4.69, 9.17) is 4.74 Å². The number of nitrogens with one attached hydrogen (secondary N) is 1. The fourth-order valence-corrected chi connectivity index (χ4v) is 2.05. The molecule has 1 aromatic rings. The highest BCUT2D eigenvalue weighted by atomic mass is 79.9. The zero-order valence-electron chi connectivity index (χ0n) is 9.35. The topological polar surface area (TPSA) is 88.5 Å². The Hall–Kier alpha value is -1.47. The molecule has 18 heavy (non-hydrogen) atoms. The number of ether oxygens (including phenoxy) is 1. The van der Waals surface area contributed by atoms with Gasteiger partial charge in [0, 0.05) is 13.0 Å². The zero-order valence-corrected chi connectivity index (χ0v) is 10.9. The minimum Gasteiger partial charge on any atom is -0.479 e. The van der Waals surface area contributed by atoms with Crippen LogP contribution in [0.25, 0.3) is 0 Å². The van der Waals surface area contributed by atoms with Gasteiger partial charge in [-0.3, -0.25) is 4.79 Å². The maximum atomic E-state index is 11.9. The number of nitrogens with zero attached hydrogens (tertiary/aromatic N) is 1. The maximum absolute atomic E-state index is 11.9. The molecule has 1 saturated heterocycles. The molecular weight excluding hydrogens is 304 g/mol. The molecule has 0 bridgehead atoms. The Labute approximate surface area is 111 Å². The average molecular weight is 315 g/mol. The molecule has 2 heterocycles. The van der Waals surface area contributed by atoms with Gasteiger partial charge in [0.1, 0.15) is 10.3 Å². The standard InChI is InChI=1S/C11H11BrN2O4/c12-8-3-1-2-7(13-8)9(15)14-11(10(16)17)4-5-18-6-11/h1-3H,4-6H2,(H,14,15)(H,16,17). The lowest BCUT2D eigenvalue weighted by atomic mass is 9.99. The molecule has 0 radical (unpaired) electrons. The Morgan fingerprint density at radius 3 is 2.83 bits per heavy atom. The van der Waals surface area contributed by atoms with E-state index in [2.05, 4.69) is 26.2 Å². The molecule has 2 rings (SSSR count). The van der Waals surface area contributed by atoms with E-state index < -0.39 is 17.4 Å². The number of carbonyl (C=O) groups excluding carboxylic acids is 1. The van der Waals surface area contributed by atoms with Crippen LogP contribution in [0.15, 0.2) is 22.8 Å². The molecular formula is C11H11BrN2O4. The monoisotopic (exact) mass is 314 g/mol. The van der Waals surface area contributed by atoms with Crippen LogP contribution in [-0.2, 0) is 9.53 Å². The molecule has 1 atom stereocenters. The van der Waals surface area contributed by atoms with Gasteiger partial charge in [-0.1, -0.05) is 6.07 Å². The second-order valence-electron chi connectivity index (χ2n) is 3.99. The van der Waals surface area contributed by atoms with Crippen molar-refractivity contribution in [1.82, 2.24) is 10.3 Å². The number of amides is 1. The number of aliphatic carboxylic acids is 1. The number of rotatable bonds is 3. The van der Waals surface area contributed by atoms with E-state index in [1.807, 2.05) is 0 Å². The van der Waals surface area contributed by atoms with Crippen molar-refractivity contribution in [3.8, 4) is 0 Å². The summed E-state index contributed by atoms with van der Waals surface area (Å²) in [6, 6.07) is 4.86. The summed E-state index contributed by atoms with van der Waals surface area (Å²) in [5, 5.41) is 11.7. The first kappa shape index (κ1) is 13.0. The molecule has 0 spiro atoms. The fourth-order valence-electron chi connectivity index (χ4n) is 1.70. The molecule has 1 aliphatic rings.